The number of benzene rings is 1. The van der Waals surface area contributed by atoms with Crippen molar-refractivity contribution in [2.24, 2.45) is 0 Å². The van der Waals surface area contributed by atoms with Gasteiger partial charge in [0.15, 0.2) is 0 Å². The average Bonchev–Trinajstić information content (AvgIpc) is 3.11. The maximum atomic E-state index is 12.4. The number of amides is 2. The van der Waals surface area contributed by atoms with E-state index in [-0.39, 0.29) is 23.7 Å². The molecule has 1 aromatic heterocycles. The highest BCUT2D eigenvalue weighted by molar-refractivity contribution is 7.09. The van der Waals surface area contributed by atoms with Gasteiger partial charge < -0.3 is 10.2 Å². The fourth-order valence-corrected chi connectivity index (χ4v) is 2.73. The zero-order valence-corrected chi connectivity index (χ0v) is 13.9. The Morgan fingerprint density at radius 2 is 2.08 bits per heavy atom. The van der Waals surface area contributed by atoms with Crippen LogP contribution in [-0.2, 0) is 11.3 Å². The van der Waals surface area contributed by atoms with Gasteiger partial charge in [0.1, 0.15) is 0 Å². The fraction of sp³-hybridized carbons (Fsp3) is 0.250. The number of hydrogen-bond donors (Lipinski definition) is 1. The summed E-state index contributed by atoms with van der Waals surface area (Å²) in [5, 5.41) is 15.5. The van der Waals surface area contributed by atoms with Crippen LogP contribution in [0.15, 0.2) is 41.8 Å². The molecule has 7 nitrogen and oxygen atoms in total. The van der Waals surface area contributed by atoms with Crippen molar-refractivity contribution < 1.29 is 14.5 Å². The van der Waals surface area contributed by atoms with Gasteiger partial charge in [0.2, 0.25) is 5.91 Å². The minimum absolute atomic E-state index is 0.0938. The van der Waals surface area contributed by atoms with Gasteiger partial charge in [-0.1, -0.05) is 12.1 Å². The van der Waals surface area contributed by atoms with E-state index in [2.05, 4.69) is 5.32 Å². The Morgan fingerprint density at radius 3 is 2.71 bits per heavy atom. The van der Waals surface area contributed by atoms with Crippen molar-refractivity contribution in [3.8, 4) is 0 Å². The Morgan fingerprint density at radius 1 is 1.29 bits per heavy atom. The molecule has 0 aliphatic rings. The van der Waals surface area contributed by atoms with E-state index < -0.39 is 10.8 Å². The van der Waals surface area contributed by atoms with Crippen LogP contribution in [0.2, 0.25) is 0 Å². The van der Waals surface area contributed by atoms with Gasteiger partial charge in [0.05, 0.1) is 18.0 Å². The van der Waals surface area contributed by atoms with Gasteiger partial charge in [-0.05, 0) is 24.4 Å². The minimum atomic E-state index is -0.555. The second kappa shape index (κ2) is 8.21. The number of likely N-dealkylation sites (N-methyl/N-ethyl adjacent to an activating group) is 1. The van der Waals surface area contributed by atoms with Gasteiger partial charge in [0, 0.05) is 29.1 Å². The SMILES string of the molecule is CCN(CC(=O)NCc1cccs1)C(=O)c1cccc([N+](=O)[O-])c1. The second-order valence-corrected chi connectivity index (χ2v) is 6.02. The third kappa shape index (κ3) is 4.63. The maximum absolute atomic E-state index is 12.4. The van der Waals surface area contributed by atoms with Crippen LogP contribution in [0.4, 0.5) is 5.69 Å². The Bertz CT molecular complexity index is 731. The lowest BCUT2D eigenvalue weighted by molar-refractivity contribution is -0.384. The van der Waals surface area contributed by atoms with Gasteiger partial charge in [-0.15, -0.1) is 11.3 Å². The molecule has 2 aromatic rings. The van der Waals surface area contributed by atoms with Crippen molar-refractivity contribution >= 4 is 28.8 Å². The minimum Gasteiger partial charge on any atom is -0.350 e. The highest BCUT2D eigenvalue weighted by Crippen LogP contribution is 2.15. The number of carbonyl (C=O) groups is 2. The van der Waals surface area contributed by atoms with Crippen molar-refractivity contribution in [3.05, 3.63) is 62.3 Å². The number of hydrogen-bond acceptors (Lipinski definition) is 5. The molecule has 24 heavy (non-hydrogen) atoms. The zero-order chi connectivity index (χ0) is 17.5. The van der Waals surface area contributed by atoms with Crippen LogP contribution >= 0.6 is 11.3 Å². The quantitative estimate of drug-likeness (QED) is 0.615. The number of rotatable bonds is 7. The molecule has 0 saturated heterocycles. The van der Waals surface area contributed by atoms with Crippen molar-refractivity contribution in [2.45, 2.75) is 13.5 Å². The first kappa shape index (κ1) is 17.6. The van der Waals surface area contributed by atoms with E-state index in [9.17, 15) is 19.7 Å². The van der Waals surface area contributed by atoms with Crippen molar-refractivity contribution in [1.82, 2.24) is 10.2 Å². The number of thiophene rings is 1. The van der Waals surface area contributed by atoms with Gasteiger partial charge in [-0.3, -0.25) is 19.7 Å². The third-order valence-electron chi connectivity index (χ3n) is 3.35. The number of non-ortho nitro benzene ring substituents is 1. The summed E-state index contributed by atoms with van der Waals surface area (Å²) in [5.74, 6) is -0.684. The summed E-state index contributed by atoms with van der Waals surface area (Å²) in [6, 6.07) is 9.31. The monoisotopic (exact) mass is 347 g/mol. The van der Waals surface area contributed by atoms with Gasteiger partial charge in [0.25, 0.3) is 11.6 Å². The molecular formula is C16H17N3O4S. The Kier molecular flexibility index (Phi) is 6.02. The van der Waals surface area contributed by atoms with Crippen LogP contribution in [0.3, 0.4) is 0 Å². The first-order chi connectivity index (χ1) is 11.5. The summed E-state index contributed by atoms with van der Waals surface area (Å²) >= 11 is 1.54. The smallest absolute Gasteiger partial charge is 0.270 e. The van der Waals surface area contributed by atoms with Crippen molar-refractivity contribution in [3.63, 3.8) is 0 Å². The van der Waals surface area contributed by atoms with Crippen LogP contribution in [0.5, 0.6) is 0 Å². The van der Waals surface area contributed by atoms with E-state index in [1.54, 1.807) is 6.92 Å². The normalized spacial score (nSPS) is 10.2. The van der Waals surface area contributed by atoms with E-state index in [4.69, 9.17) is 0 Å². The molecule has 1 aromatic carbocycles. The topological polar surface area (TPSA) is 92.6 Å². The Hall–Kier alpha value is -2.74. The molecule has 2 rings (SSSR count). The summed E-state index contributed by atoms with van der Waals surface area (Å²) in [7, 11) is 0. The van der Waals surface area contributed by atoms with Crippen LogP contribution in [0, 0.1) is 10.1 Å². The molecule has 1 heterocycles. The van der Waals surface area contributed by atoms with E-state index in [0.29, 0.717) is 13.1 Å². The summed E-state index contributed by atoms with van der Waals surface area (Å²) in [5.41, 5.74) is 0.0381. The van der Waals surface area contributed by atoms with E-state index in [1.807, 2.05) is 17.5 Å². The fourth-order valence-electron chi connectivity index (χ4n) is 2.09. The van der Waals surface area contributed by atoms with Crippen LogP contribution < -0.4 is 5.32 Å². The number of nitro benzene ring substituents is 1. The molecule has 0 unspecified atom stereocenters. The number of carbonyl (C=O) groups excluding carboxylic acids is 2. The molecule has 1 N–H and O–H groups in total. The molecule has 8 heteroatoms. The van der Waals surface area contributed by atoms with Gasteiger partial charge in [-0.25, -0.2) is 0 Å². The summed E-state index contributed by atoms with van der Waals surface area (Å²) in [6.45, 7) is 2.40. The second-order valence-electron chi connectivity index (χ2n) is 4.98. The van der Waals surface area contributed by atoms with Crippen LogP contribution in [-0.4, -0.2) is 34.7 Å². The summed E-state index contributed by atoms with van der Waals surface area (Å²) in [4.78, 5) is 37.1. The predicted octanol–water partition coefficient (Wildman–Crippen LogP) is 2.43. The molecule has 0 bridgehead atoms. The van der Waals surface area contributed by atoms with E-state index >= 15 is 0 Å². The van der Waals surface area contributed by atoms with Gasteiger partial charge >= 0.3 is 0 Å². The molecule has 0 spiro atoms. The highest BCUT2D eigenvalue weighted by Gasteiger charge is 2.19. The number of nitrogens with one attached hydrogen (secondary N) is 1. The molecule has 0 saturated carbocycles. The molecule has 0 aliphatic heterocycles. The van der Waals surface area contributed by atoms with Crippen molar-refractivity contribution in [2.75, 3.05) is 13.1 Å². The van der Waals surface area contributed by atoms with E-state index in [0.717, 1.165) is 4.88 Å². The lowest BCUT2D eigenvalue weighted by atomic mass is 10.1. The lowest BCUT2D eigenvalue weighted by Crippen LogP contribution is -2.40. The van der Waals surface area contributed by atoms with Gasteiger partial charge in [-0.2, -0.15) is 0 Å². The molecular weight excluding hydrogens is 330 g/mol. The third-order valence-corrected chi connectivity index (χ3v) is 4.22. The Balaban J connectivity index is 1.99. The standard InChI is InChI=1S/C16H17N3O4S/c1-2-18(11-15(20)17-10-14-7-4-8-24-14)16(21)12-5-3-6-13(9-12)19(22)23/h3-9H,2,10-11H2,1H3,(H,17,20). The molecule has 0 radical (unpaired) electrons. The largest absolute Gasteiger partial charge is 0.350 e. The molecule has 0 aliphatic carbocycles. The van der Waals surface area contributed by atoms with Crippen LogP contribution in [0.25, 0.3) is 0 Å². The molecule has 0 atom stereocenters. The van der Waals surface area contributed by atoms with E-state index in [1.165, 1.54) is 40.5 Å². The molecule has 126 valence electrons. The Labute approximate surface area is 143 Å². The number of nitro groups is 1. The molecule has 2 amide bonds. The first-order valence-electron chi connectivity index (χ1n) is 7.34. The summed E-state index contributed by atoms with van der Waals surface area (Å²) in [6.07, 6.45) is 0. The predicted molar refractivity (Wildman–Crippen MR) is 90.8 cm³/mol. The maximum Gasteiger partial charge on any atom is 0.270 e. The average molecular weight is 347 g/mol. The van der Waals surface area contributed by atoms with Crippen molar-refractivity contribution in [1.29, 1.82) is 0 Å². The van der Waals surface area contributed by atoms with Crippen LogP contribution in [0.1, 0.15) is 22.2 Å². The zero-order valence-electron chi connectivity index (χ0n) is 13.1. The number of nitrogens with zero attached hydrogens (tertiary/aromatic N) is 2. The first-order valence-corrected chi connectivity index (χ1v) is 8.22. The lowest BCUT2D eigenvalue weighted by Gasteiger charge is -2.20. The highest BCUT2D eigenvalue weighted by atomic mass is 32.1. The molecule has 0 fully saturated rings. The summed E-state index contributed by atoms with van der Waals surface area (Å²) < 4.78 is 0.